The first kappa shape index (κ1) is 24.7. The zero-order valence-corrected chi connectivity index (χ0v) is 20.1. The van der Waals surface area contributed by atoms with Gasteiger partial charge < -0.3 is 10.1 Å². The molecule has 0 aliphatic carbocycles. The standard InChI is InChI=1S/C24H34N2O4S/c1-7-22(26(31(6,28)29)20-10-8-9-18(2)17-20)23(27)25-15-16-30-21-13-11-19(12-14-21)24(3,4)5/h8-14,17,22H,7,15-16H2,1-6H3,(H,25,27). The van der Waals surface area contributed by atoms with Crippen molar-refractivity contribution in [2.45, 2.75) is 52.5 Å². The number of ether oxygens (including phenoxy) is 1. The first-order chi connectivity index (χ1) is 14.4. The van der Waals surface area contributed by atoms with Gasteiger partial charge in [0.15, 0.2) is 0 Å². The second kappa shape index (κ2) is 10.2. The molecule has 0 spiro atoms. The lowest BCUT2D eigenvalue weighted by atomic mass is 9.87. The molecule has 0 bridgehead atoms. The molecule has 0 aromatic heterocycles. The van der Waals surface area contributed by atoms with Crippen molar-refractivity contribution in [2.75, 3.05) is 23.7 Å². The van der Waals surface area contributed by atoms with Gasteiger partial charge in [0, 0.05) is 0 Å². The molecule has 6 nitrogen and oxygen atoms in total. The summed E-state index contributed by atoms with van der Waals surface area (Å²) in [4.78, 5) is 12.8. The van der Waals surface area contributed by atoms with Crippen molar-refractivity contribution >= 4 is 21.6 Å². The Kier molecular flexibility index (Phi) is 8.12. The minimum absolute atomic E-state index is 0.0739. The van der Waals surface area contributed by atoms with E-state index in [0.29, 0.717) is 18.7 Å². The summed E-state index contributed by atoms with van der Waals surface area (Å²) < 4.78 is 31.9. The Hall–Kier alpha value is -2.54. The Morgan fingerprint density at radius 1 is 1.13 bits per heavy atom. The first-order valence-corrected chi connectivity index (χ1v) is 12.4. The molecule has 7 heteroatoms. The van der Waals surface area contributed by atoms with E-state index in [-0.39, 0.29) is 17.9 Å². The summed E-state index contributed by atoms with van der Waals surface area (Å²) >= 11 is 0. The van der Waals surface area contributed by atoms with Crippen molar-refractivity contribution in [2.24, 2.45) is 0 Å². The Morgan fingerprint density at radius 3 is 2.29 bits per heavy atom. The highest BCUT2D eigenvalue weighted by molar-refractivity contribution is 7.92. The molecule has 0 saturated carbocycles. The third-order valence-electron chi connectivity index (χ3n) is 4.98. The lowest BCUT2D eigenvalue weighted by molar-refractivity contribution is -0.122. The minimum atomic E-state index is -3.64. The lowest BCUT2D eigenvalue weighted by Gasteiger charge is -2.30. The number of hydrogen-bond acceptors (Lipinski definition) is 4. The quantitative estimate of drug-likeness (QED) is 0.590. The third kappa shape index (κ3) is 6.99. The van der Waals surface area contributed by atoms with Crippen LogP contribution >= 0.6 is 0 Å². The van der Waals surface area contributed by atoms with Gasteiger partial charge in [-0.2, -0.15) is 0 Å². The second-order valence-electron chi connectivity index (χ2n) is 8.74. The van der Waals surface area contributed by atoms with Crippen LogP contribution in [0.4, 0.5) is 5.69 Å². The maximum atomic E-state index is 12.8. The van der Waals surface area contributed by atoms with Crippen LogP contribution in [0.25, 0.3) is 0 Å². The molecule has 0 aliphatic rings. The van der Waals surface area contributed by atoms with Crippen molar-refractivity contribution in [1.29, 1.82) is 0 Å². The predicted molar refractivity (Wildman–Crippen MR) is 126 cm³/mol. The smallest absolute Gasteiger partial charge is 0.244 e. The number of nitrogens with one attached hydrogen (secondary N) is 1. The molecule has 0 heterocycles. The molecule has 0 radical (unpaired) electrons. The summed E-state index contributed by atoms with van der Waals surface area (Å²) in [5, 5.41) is 2.81. The number of rotatable bonds is 9. The van der Waals surface area contributed by atoms with Crippen LogP contribution in [-0.2, 0) is 20.2 Å². The summed E-state index contributed by atoms with van der Waals surface area (Å²) in [6.07, 6.45) is 1.47. The molecule has 0 fully saturated rings. The fraction of sp³-hybridized carbons (Fsp3) is 0.458. The normalized spacial score (nSPS) is 12.8. The Bertz CT molecular complexity index is 979. The van der Waals surface area contributed by atoms with Crippen LogP contribution < -0.4 is 14.4 Å². The molecule has 1 N–H and O–H groups in total. The maximum absolute atomic E-state index is 12.8. The van der Waals surface area contributed by atoms with Crippen molar-refractivity contribution in [3.05, 3.63) is 59.7 Å². The molecular weight excluding hydrogens is 412 g/mol. The molecule has 170 valence electrons. The predicted octanol–water partition coefficient (Wildman–Crippen LogP) is 4.03. The van der Waals surface area contributed by atoms with Gasteiger partial charge in [-0.3, -0.25) is 9.10 Å². The van der Waals surface area contributed by atoms with Gasteiger partial charge in [-0.05, 0) is 54.2 Å². The van der Waals surface area contributed by atoms with Crippen LogP contribution in [0.5, 0.6) is 5.75 Å². The van der Waals surface area contributed by atoms with E-state index >= 15 is 0 Å². The maximum Gasteiger partial charge on any atom is 0.244 e. The van der Waals surface area contributed by atoms with Gasteiger partial charge in [0.05, 0.1) is 18.5 Å². The van der Waals surface area contributed by atoms with Gasteiger partial charge in [0.2, 0.25) is 15.9 Å². The molecule has 1 atom stereocenters. The fourth-order valence-corrected chi connectivity index (χ4v) is 4.54. The average Bonchev–Trinajstić information content (AvgIpc) is 2.67. The molecule has 2 aromatic carbocycles. The second-order valence-corrected chi connectivity index (χ2v) is 10.6. The summed E-state index contributed by atoms with van der Waals surface area (Å²) in [5.74, 6) is 0.382. The Balaban J connectivity index is 2.00. The zero-order valence-electron chi connectivity index (χ0n) is 19.3. The van der Waals surface area contributed by atoms with Crippen LogP contribution in [0, 0.1) is 6.92 Å². The highest BCUT2D eigenvalue weighted by atomic mass is 32.2. The van der Waals surface area contributed by atoms with E-state index in [9.17, 15) is 13.2 Å². The number of carbonyl (C=O) groups excluding carboxylic acids is 1. The number of nitrogens with zero attached hydrogens (tertiary/aromatic N) is 1. The number of hydrogen-bond donors (Lipinski definition) is 1. The minimum Gasteiger partial charge on any atom is -0.492 e. The van der Waals surface area contributed by atoms with Gasteiger partial charge in [-0.15, -0.1) is 0 Å². The van der Waals surface area contributed by atoms with E-state index in [4.69, 9.17) is 4.74 Å². The number of aryl methyl sites for hydroxylation is 1. The van der Waals surface area contributed by atoms with Gasteiger partial charge >= 0.3 is 0 Å². The number of anilines is 1. The molecule has 0 saturated heterocycles. The SMILES string of the molecule is CCC(C(=O)NCCOc1ccc(C(C)(C)C)cc1)N(c1cccc(C)c1)S(C)(=O)=O. The largest absolute Gasteiger partial charge is 0.492 e. The van der Waals surface area contributed by atoms with Gasteiger partial charge in [0.1, 0.15) is 18.4 Å². The summed E-state index contributed by atoms with van der Waals surface area (Å²) in [7, 11) is -3.64. The molecule has 0 aliphatic heterocycles. The summed E-state index contributed by atoms with van der Waals surface area (Å²) in [5.41, 5.74) is 2.70. The monoisotopic (exact) mass is 446 g/mol. The number of amides is 1. The number of benzene rings is 2. The van der Waals surface area contributed by atoms with E-state index in [2.05, 4.69) is 26.1 Å². The molecule has 2 rings (SSSR count). The molecule has 31 heavy (non-hydrogen) atoms. The van der Waals surface area contributed by atoms with Gasteiger partial charge in [0.25, 0.3) is 0 Å². The van der Waals surface area contributed by atoms with E-state index in [1.54, 1.807) is 25.1 Å². The molecule has 2 aromatic rings. The van der Waals surface area contributed by atoms with Crippen LogP contribution in [0.15, 0.2) is 48.5 Å². The van der Waals surface area contributed by atoms with E-state index in [0.717, 1.165) is 17.6 Å². The molecule has 1 unspecified atom stereocenters. The van der Waals surface area contributed by atoms with Crippen LogP contribution in [0.2, 0.25) is 0 Å². The van der Waals surface area contributed by atoms with Crippen molar-refractivity contribution in [3.63, 3.8) is 0 Å². The summed E-state index contributed by atoms with van der Waals surface area (Å²) in [6.45, 7) is 10.7. The lowest BCUT2D eigenvalue weighted by Crippen LogP contribution is -2.50. The molecule has 1 amide bonds. The topological polar surface area (TPSA) is 75.7 Å². The fourth-order valence-electron chi connectivity index (χ4n) is 3.34. The average molecular weight is 447 g/mol. The van der Waals surface area contributed by atoms with Gasteiger partial charge in [-0.25, -0.2) is 8.42 Å². The van der Waals surface area contributed by atoms with Crippen molar-refractivity contribution in [1.82, 2.24) is 5.32 Å². The highest BCUT2D eigenvalue weighted by Gasteiger charge is 2.31. The van der Waals surface area contributed by atoms with Gasteiger partial charge in [-0.1, -0.05) is 52.0 Å². The number of carbonyl (C=O) groups is 1. The summed E-state index contributed by atoms with van der Waals surface area (Å²) in [6, 6.07) is 14.2. The Labute approximate surface area is 186 Å². The first-order valence-electron chi connectivity index (χ1n) is 10.5. The van der Waals surface area contributed by atoms with Crippen LogP contribution in [0.3, 0.4) is 0 Å². The van der Waals surface area contributed by atoms with Crippen molar-refractivity contribution in [3.8, 4) is 5.75 Å². The van der Waals surface area contributed by atoms with E-state index < -0.39 is 16.1 Å². The van der Waals surface area contributed by atoms with Crippen molar-refractivity contribution < 1.29 is 17.9 Å². The Morgan fingerprint density at radius 2 is 1.77 bits per heavy atom. The number of sulfonamides is 1. The zero-order chi connectivity index (χ0) is 23.2. The van der Waals surface area contributed by atoms with E-state index in [1.807, 2.05) is 37.3 Å². The highest BCUT2D eigenvalue weighted by Crippen LogP contribution is 2.25. The third-order valence-corrected chi connectivity index (χ3v) is 6.16. The van der Waals surface area contributed by atoms with E-state index in [1.165, 1.54) is 9.87 Å². The van der Waals surface area contributed by atoms with Crippen LogP contribution in [-0.4, -0.2) is 39.8 Å². The van der Waals surface area contributed by atoms with Crippen LogP contribution in [0.1, 0.15) is 45.2 Å². The molecular formula is C24H34N2O4S.